The highest BCUT2D eigenvalue weighted by atomic mass is 19.1. The summed E-state index contributed by atoms with van der Waals surface area (Å²) in [7, 11) is 0. The molecule has 0 fully saturated rings. The number of Topliss-reactive ketones (excluding diaryl/α,β-unsaturated/α-hetero) is 1. The molecule has 1 N–H and O–H groups in total. The summed E-state index contributed by atoms with van der Waals surface area (Å²) in [5, 5.41) is 2.80. The molecular formula is C25H23FN2O3. The maximum atomic E-state index is 13.4. The topological polar surface area (TPSA) is 68.2 Å². The Hall–Kier alpha value is -3.54. The van der Waals surface area contributed by atoms with E-state index in [-0.39, 0.29) is 16.8 Å². The highest BCUT2D eigenvalue weighted by Gasteiger charge is 2.36. The molecule has 1 heterocycles. The fraction of sp³-hybridized carbons (Fsp3) is 0.240. The molecule has 3 aromatic rings. The molecule has 0 atom stereocenters. The first kappa shape index (κ1) is 20.7. The number of aryl methyl sites for hydroxylation is 1. The Morgan fingerprint density at radius 2 is 1.77 bits per heavy atom. The van der Waals surface area contributed by atoms with Crippen molar-refractivity contribution >= 4 is 17.4 Å². The summed E-state index contributed by atoms with van der Waals surface area (Å²) in [6, 6.07) is 12.6. The Morgan fingerprint density at radius 3 is 2.45 bits per heavy atom. The first-order valence-corrected chi connectivity index (χ1v) is 10.1. The zero-order valence-corrected chi connectivity index (χ0v) is 17.7. The van der Waals surface area contributed by atoms with Gasteiger partial charge in [-0.2, -0.15) is 0 Å². The SMILES string of the molecule is Cc1cccc(NC(=O)c2c3c(cn(-c4ccc(F)cc4)c2=O)C(=O)CC(C)(C)C3)c1. The molecule has 31 heavy (non-hydrogen) atoms. The summed E-state index contributed by atoms with van der Waals surface area (Å²) >= 11 is 0. The van der Waals surface area contributed by atoms with E-state index in [4.69, 9.17) is 0 Å². The number of aromatic nitrogens is 1. The molecular weight excluding hydrogens is 395 g/mol. The summed E-state index contributed by atoms with van der Waals surface area (Å²) in [5.74, 6) is -1.12. The average Bonchev–Trinajstić information content (AvgIpc) is 2.67. The van der Waals surface area contributed by atoms with Gasteiger partial charge in [-0.05, 0) is 66.3 Å². The molecule has 0 spiro atoms. The molecule has 4 rings (SSSR count). The second kappa shape index (κ2) is 7.61. The van der Waals surface area contributed by atoms with Crippen molar-refractivity contribution < 1.29 is 14.0 Å². The van der Waals surface area contributed by atoms with Gasteiger partial charge in [0.25, 0.3) is 11.5 Å². The molecule has 0 aliphatic heterocycles. The van der Waals surface area contributed by atoms with Gasteiger partial charge in [0.05, 0.1) is 0 Å². The Labute approximate surface area is 179 Å². The molecule has 1 aliphatic rings. The largest absolute Gasteiger partial charge is 0.322 e. The molecule has 6 heteroatoms. The lowest BCUT2D eigenvalue weighted by molar-refractivity contribution is 0.0910. The van der Waals surface area contributed by atoms with Crippen molar-refractivity contribution in [2.75, 3.05) is 5.32 Å². The van der Waals surface area contributed by atoms with E-state index in [0.29, 0.717) is 35.3 Å². The zero-order chi connectivity index (χ0) is 22.3. The molecule has 0 unspecified atom stereocenters. The fourth-order valence-electron chi connectivity index (χ4n) is 4.09. The van der Waals surface area contributed by atoms with Crippen molar-refractivity contribution in [2.24, 2.45) is 5.41 Å². The van der Waals surface area contributed by atoms with Crippen molar-refractivity contribution in [3.8, 4) is 5.69 Å². The third kappa shape index (κ3) is 4.06. The van der Waals surface area contributed by atoms with Crippen LogP contribution in [0.2, 0.25) is 0 Å². The van der Waals surface area contributed by atoms with Gasteiger partial charge in [0.15, 0.2) is 5.78 Å². The van der Waals surface area contributed by atoms with E-state index in [0.717, 1.165) is 5.56 Å². The number of pyridine rings is 1. The number of carbonyl (C=O) groups is 2. The van der Waals surface area contributed by atoms with Gasteiger partial charge in [0.1, 0.15) is 11.4 Å². The Kier molecular flexibility index (Phi) is 5.09. The van der Waals surface area contributed by atoms with Crippen molar-refractivity contribution in [1.29, 1.82) is 0 Å². The number of hydrogen-bond donors (Lipinski definition) is 1. The van der Waals surface area contributed by atoms with Crippen molar-refractivity contribution in [3.63, 3.8) is 0 Å². The van der Waals surface area contributed by atoms with Gasteiger partial charge in [-0.1, -0.05) is 26.0 Å². The summed E-state index contributed by atoms with van der Waals surface area (Å²) < 4.78 is 14.7. The van der Waals surface area contributed by atoms with Crippen LogP contribution < -0.4 is 10.9 Å². The highest BCUT2D eigenvalue weighted by Crippen LogP contribution is 2.36. The number of carbonyl (C=O) groups excluding carboxylic acids is 2. The highest BCUT2D eigenvalue weighted by molar-refractivity contribution is 6.08. The maximum Gasteiger partial charge on any atom is 0.268 e. The second-order valence-electron chi connectivity index (χ2n) is 8.81. The van der Waals surface area contributed by atoms with E-state index < -0.39 is 17.3 Å². The van der Waals surface area contributed by atoms with Crippen LogP contribution in [0, 0.1) is 18.2 Å². The Morgan fingerprint density at radius 1 is 1.06 bits per heavy atom. The minimum atomic E-state index is -0.561. The van der Waals surface area contributed by atoms with Gasteiger partial charge in [-0.25, -0.2) is 4.39 Å². The lowest BCUT2D eigenvalue weighted by Crippen LogP contribution is -2.37. The first-order valence-electron chi connectivity index (χ1n) is 10.1. The van der Waals surface area contributed by atoms with Crippen LogP contribution in [-0.4, -0.2) is 16.3 Å². The van der Waals surface area contributed by atoms with Crippen LogP contribution in [0.5, 0.6) is 0 Å². The predicted octanol–water partition coefficient (Wildman–Crippen LogP) is 4.69. The molecule has 0 saturated carbocycles. The van der Waals surface area contributed by atoms with Gasteiger partial charge < -0.3 is 5.32 Å². The van der Waals surface area contributed by atoms with E-state index >= 15 is 0 Å². The normalized spacial score (nSPS) is 14.8. The van der Waals surface area contributed by atoms with Crippen LogP contribution in [0.1, 0.15) is 52.1 Å². The molecule has 2 aromatic carbocycles. The standard InChI is InChI=1S/C25H23FN2O3/c1-15-5-4-6-17(11-15)27-23(30)22-19-12-25(2,3)13-21(29)20(19)14-28(24(22)31)18-9-7-16(26)8-10-18/h4-11,14H,12-13H2,1-3H3,(H,27,30). The summed E-state index contributed by atoms with van der Waals surface area (Å²) in [6.07, 6.45) is 2.23. The first-order chi connectivity index (χ1) is 14.6. The van der Waals surface area contributed by atoms with Crippen LogP contribution in [0.3, 0.4) is 0 Å². The zero-order valence-electron chi connectivity index (χ0n) is 17.7. The Balaban J connectivity index is 1.91. The monoisotopic (exact) mass is 418 g/mol. The van der Waals surface area contributed by atoms with Gasteiger partial charge in [0.2, 0.25) is 0 Å². The number of amides is 1. The van der Waals surface area contributed by atoms with Crippen LogP contribution in [0.4, 0.5) is 10.1 Å². The second-order valence-corrected chi connectivity index (χ2v) is 8.81. The number of hydrogen-bond acceptors (Lipinski definition) is 3. The van der Waals surface area contributed by atoms with Crippen LogP contribution in [0.15, 0.2) is 59.5 Å². The quantitative estimate of drug-likeness (QED) is 0.671. The van der Waals surface area contributed by atoms with Crippen LogP contribution in [-0.2, 0) is 6.42 Å². The number of rotatable bonds is 3. The molecule has 0 saturated heterocycles. The maximum absolute atomic E-state index is 13.4. The van der Waals surface area contributed by atoms with E-state index in [1.165, 1.54) is 35.0 Å². The van der Waals surface area contributed by atoms with E-state index in [9.17, 15) is 18.8 Å². The number of ketones is 1. The van der Waals surface area contributed by atoms with Gasteiger partial charge in [-0.15, -0.1) is 0 Å². The third-order valence-corrected chi connectivity index (χ3v) is 5.52. The van der Waals surface area contributed by atoms with Crippen LogP contribution in [0.25, 0.3) is 5.69 Å². The Bertz CT molecular complexity index is 1260. The van der Waals surface area contributed by atoms with E-state index in [1.54, 1.807) is 12.1 Å². The van der Waals surface area contributed by atoms with E-state index in [1.807, 2.05) is 32.9 Å². The van der Waals surface area contributed by atoms with Crippen molar-refractivity contribution in [2.45, 2.75) is 33.6 Å². The van der Waals surface area contributed by atoms with Gasteiger partial charge in [-0.3, -0.25) is 19.0 Å². The molecule has 1 aromatic heterocycles. The molecule has 1 aliphatic carbocycles. The molecule has 158 valence electrons. The molecule has 0 radical (unpaired) electrons. The number of benzene rings is 2. The van der Waals surface area contributed by atoms with E-state index in [2.05, 4.69) is 5.32 Å². The van der Waals surface area contributed by atoms with Crippen LogP contribution >= 0.6 is 0 Å². The van der Waals surface area contributed by atoms with Gasteiger partial charge in [0, 0.05) is 29.6 Å². The van der Waals surface area contributed by atoms with Crippen molar-refractivity contribution in [1.82, 2.24) is 4.57 Å². The minimum absolute atomic E-state index is 0.0514. The van der Waals surface area contributed by atoms with Gasteiger partial charge >= 0.3 is 0 Å². The number of nitrogens with zero attached hydrogens (tertiary/aromatic N) is 1. The predicted molar refractivity (Wildman–Crippen MR) is 118 cm³/mol. The molecule has 5 nitrogen and oxygen atoms in total. The fourth-order valence-corrected chi connectivity index (χ4v) is 4.09. The average molecular weight is 418 g/mol. The number of fused-ring (bicyclic) bond motifs is 1. The summed E-state index contributed by atoms with van der Waals surface area (Å²) in [4.78, 5) is 39.6. The lowest BCUT2D eigenvalue weighted by atomic mass is 9.73. The van der Waals surface area contributed by atoms with Crippen molar-refractivity contribution in [3.05, 3.63) is 93.2 Å². The lowest BCUT2D eigenvalue weighted by Gasteiger charge is -2.31. The smallest absolute Gasteiger partial charge is 0.268 e. The summed E-state index contributed by atoms with van der Waals surface area (Å²) in [5.41, 5.74) is 1.79. The number of anilines is 1. The third-order valence-electron chi connectivity index (χ3n) is 5.52. The number of halogens is 1. The minimum Gasteiger partial charge on any atom is -0.322 e. The molecule has 0 bridgehead atoms. The number of nitrogens with one attached hydrogen (secondary N) is 1. The molecule has 1 amide bonds. The summed E-state index contributed by atoms with van der Waals surface area (Å²) in [6.45, 7) is 5.80.